The monoisotopic (exact) mass is 294 g/mol. The van der Waals surface area contributed by atoms with Crippen molar-refractivity contribution in [2.24, 2.45) is 5.41 Å². The Morgan fingerprint density at radius 3 is 2.05 bits per heavy atom. The highest BCUT2D eigenvalue weighted by atomic mass is 16.5. The van der Waals surface area contributed by atoms with Crippen molar-refractivity contribution in [2.75, 3.05) is 20.3 Å². The van der Waals surface area contributed by atoms with Crippen molar-refractivity contribution < 1.29 is 14.6 Å². The lowest BCUT2D eigenvalue weighted by molar-refractivity contribution is 0.0325. The lowest BCUT2D eigenvalue weighted by atomic mass is 9.72. The van der Waals surface area contributed by atoms with Gasteiger partial charge >= 0.3 is 0 Å². The number of rotatable bonds is 7. The molecule has 3 heteroatoms. The first-order valence-electron chi connectivity index (χ1n) is 7.54. The molecule has 1 rings (SSSR count). The average Bonchev–Trinajstić information content (AvgIpc) is 2.34. The number of aliphatic hydroxyl groups excluding tert-OH is 1. The summed E-state index contributed by atoms with van der Waals surface area (Å²) in [5, 5.41) is 9.57. The molecular weight excluding hydrogens is 264 g/mol. The Bertz CT molecular complexity index is 415. The van der Waals surface area contributed by atoms with Crippen molar-refractivity contribution in [3.63, 3.8) is 0 Å². The van der Waals surface area contributed by atoms with Crippen LogP contribution in [0.3, 0.4) is 0 Å². The van der Waals surface area contributed by atoms with Crippen molar-refractivity contribution in [1.29, 1.82) is 0 Å². The first-order chi connectivity index (χ1) is 9.64. The second-order valence-electron chi connectivity index (χ2n) is 7.57. The van der Waals surface area contributed by atoms with Gasteiger partial charge in [0.25, 0.3) is 0 Å². The summed E-state index contributed by atoms with van der Waals surface area (Å²) in [7, 11) is 1.56. The van der Waals surface area contributed by atoms with Crippen LogP contribution in [0, 0.1) is 5.41 Å². The van der Waals surface area contributed by atoms with Gasteiger partial charge in [0.05, 0.1) is 6.61 Å². The highest BCUT2D eigenvalue weighted by Crippen LogP contribution is 2.36. The number of aliphatic hydroxyl groups is 1. The maximum absolute atomic E-state index is 9.57. The van der Waals surface area contributed by atoms with E-state index in [1.165, 1.54) is 5.56 Å². The Kier molecular flexibility index (Phi) is 6.24. The van der Waals surface area contributed by atoms with E-state index in [2.05, 4.69) is 46.8 Å². The van der Waals surface area contributed by atoms with Gasteiger partial charge < -0.3 is 14.6 Å². The summed E-state index contributed by atoms with van der Waals surface area (Å²) < 4.78 is 10.4. The summed E-state index contributed by atoms with van der Waals surface area (Å²) in [4.78, 5) is 0. The molecule has 0 aliphatic heterocycles. The molecule has 0 aliphatic rings. The second-order valence-corrected chi connectivity index (χ2v) is 7.57. The topological polar surface area (TPSA) is 38.7 Å². The molecule has 0 heterocycles. The van der Waals surface area contributed by atoms with Gasteiger partial charge in [-0.25, -0.2) is 0 Å². The molecule has 0 radical (unpaired) electrons. The first kappa shape index (κ1) is 18.0. The summed E-state index contributed by atoms with van der Waals surface area (Å²) >= 11 is 0. The fourth-order valence-electron chi connectivity index (χ4n) is 2.86. The van der Waals surface area contributed by atoms with Crippen molar-refractivity contribution in [1.82, 2.24) is 0 Å². The predicted octanol–water partition coefficient (Wildman–Crippen LogP) is 3.79. The van der Waals surface area contributed by atoms with Gasteiger partial charge in [-0.05, 0) is 34.9 Å². The van der Waals surface area contributed by atoms with Gasteiger partial charge in [0.15, 0.2) is 0 Å². The molecular formula is C18H30O3. The molecule has 0 saturated carbocycles. The normalized spacial score (nSPS) is 14.0. The molecule has 0 bridgehead atoms. The van der Waals surface area contributed by atoms with Crippen LogP contribution in [0.25, 0.3) is 0 Å². The molecule has 1 N–H and O–H groups in total. The number of ether oxygens (including phenoxy) is 2. The quantitative estimate of drug-likeness (QED) is 0.831. The fraction of sp³-hybridized carbons (Fsp3) is 0.667. The van der Waals surface area contributed by atoms with E-state index in [1.807, 2.05) is 12.1 Å². The Morgan fingerprint density at radius 2 is 1.57 bits per heavy atom. The lowest BCUT2D eigenvalue weighted by Gasteiger charge is -2.33. The van der Waals surface area contributed by atoms with Crippen LogP contribution in [0.5, 0.6) is 5.75 Å². The van der Waals surface area contributed by atoms with Gasteiger partial charge in [-0.2, -0.15) is 0 Å². The number of methoxy groups -OCH3 is 1. The standard InChI is InChI=1S/C18H30O3/c1-17(2,3)13-18(4,5)14-7-9-16(10-8-14)21-12-15(19)11-20-6/h7-10,15,19H,11-13H2,1-6H3. The fourth-order valence-corrected chi connectivity index (χ4v) is 2.86. The van der Waals surface area contributed by atoms with Crippen LogP contribution in [-0.4, -0.2) is 31.5 Å². The molecule has 0 aliphatic carbocycles. The van der Waals surface area contributed by atoms with Gasteiger partial charge in [0, 0.05) is 7.11 Å². The van der Waals surface area contributed by atoms with Crippen molar-refractivity contribution in [3.8, 4) is 5.75 Å². The molecule has 0 fully saturated rings. The second kappa shape index (κ2) is 7.28. The van der Waals surface area contributed by atoms with E-state index in [-0.39, 0.29) is 18.6 Å². The van der Waals surface area contributed by atoms with Crippen LogP contribution in [-0.2, 0) is 10.2 Å². The average molecular weight is 294 g/mol. The molecule has 0 spiro atoms. The zero-order chi connectivity index (χ0) is 16.1. The third-order valence-electron chi connectivity index (χ3n) is 3.41. The highest BCUT2D eigenvalue weighted by Gasteiger charge is 2.27. The molecule has 0 aromatic heterocycles. The number of hydrogen-bond acceptors (Lipinski definition) is 3. The van der Waals surface area contributed by atoms with Crippen LogP contribution in [0.1, 0.15) is 46.6 Å². The van der Waals surface area contributed by atoms with E-state index in [9.17, 15) is 5.11 Å². The predicted molar refractivity (Wildman–Crippen MR) is 86.9 cm³/mol. The maximum Gasteiger partial charge on any atom is 0.119 e. The Morgan fingerprint density at radius 1 is 1.00 bits per heavy atom. The molecule has 1 unspecified atom stereocenters. The lowest BCUT2D eigenvalue weighted by Crippen LogP contribution is -2.25. The Balaban J connectivity index is 2.65. The van der Waals surface area contributed by atoms with E-state index < -0.39 is 6.10 Å². The van der Waals surface area contributed by atoms with Crippen LogP contribution in [0.4, 0.5) is 0 Å². The van der Waals surface area contributed by atoms with Crippen LogP contribution in [0.15, 0.2) is 24.3 Å². The van der Waals surface area contributed by atoms with Gasteiger partial charge in [-0.15, -0.1) is 0 Å². The summed E-state index contributed by atoms with van der Waals surface area (Å²) in [5.41, 5.74) is 1.73. The smallest absolute Gasteiger partial charge is 0.119 e. The van der Waals surface area contributed by atoms with Crippen LogP contribution in [0.2, 0.25) is 0 Å². The third kappa shape index (κ3) is 6.49. The van der Waals surface area contributed by atoms with E-state index in [0.29, 0.717) is 5.41 Å². The third-order valence-corrected chi connectivity index (χ3v) is 3.41. The molecule has 3 nitrogen and oxygen atoms in total. The molecule has 1 aromatic carbocycles. The minimum atomic E-state index is -0.591. The Hall–Kier alpha value is -1.06. The molecule has 0 amide bonds. The van der Waals surface area contributed by atoms with Gasteiger partial charge in [0.1, 0.15) is 18.5 Å². The van der Waals surface area contributed by atoms with Crippen molar-refractivity contribution >= 4 is 0 Å². The minimum absolute atomic E-state index is 0.131. The van der Waals surface area contributed by atoms with E-state index >= 15 is 0 Å². The summed E-state index contributed by atoms with van der Waals surface area (Å²) in [6.45, 7) is 11.9. The zero-order valence-electron chi connectivity index (χ0n) is 14.3. The van der Waals surface area contributed by atoms with Crippen LogP contribution >= 0.6 is 0 Å². The summed E-state index contributed by atoms with van der Waals surface area (Å²) in [5.74, 6) is 0.778. The van der Waals surface area contributed by atoms with Gasteiger partial charge in [-0.3, -0.25) is 0 Å². The van der Waals surface area contributed by atoms with E-state index in [4.69, 9.17) is 9.47 Å². The minimum Gasteiger partial charge on any atom is -0.491 e. The Labute approximate surface area is 129 Å². The number of benzene rings is 1. The van der Waals surface area contributed by atoms with Crippen molar-refractivity contribution in [2.45, 2.75) is 52.6 Å². The highest BCUT2D eigenvalue weighted by molar-refractivity contribution is 5.31. The van der Waals surface area contributed by atoms with Crippen molar-refractivity contribution in [3.05, 3.63) is 29.8 Å². The molecule has 0 saturated heterocycles. The van der Waals surface area contributed by atoms with Crippen LogP contribution < -0.4 is 4.74 Å². The molecule has 120 valence electrons. The molecule has 21 heavy (non-hydrogen) atoms. The molecule has 1 atom stereocenters. The van der Waals surface area contributed by atoms with Gasteiger partial charge in [-0.1, -0.05) is 46.8 Å². The first-order valence-corrected chi connectivity index (χ1v) is 7.54. The van der Waals surface area contributed by atoms with E-state index in [1.54, 1.807) is 7.11 Å². The summed E-state index contributed by atoms with van der Waals surface area (Å²) in [6, 6.07) is 8.17. The SMILES string of the molecule is COCC(O)COc1ccc(C(C)(C)CC(C)(C)C)cc1. The molecule has 1 aromatic rings. The summed E-state index contributed by atoms with van der Waals surface area (Å²) in [6.07, 6.45) is 0.527. The largest absolute Gasteiger partial charge is 0.491 e. The number of hydrogen-bond donors (Lipinski definition) is 1. The van der Waals surface area contributed by atoms with E-state index in [0.717, 1.165) is 12.2 Å². The maximum atomic E-state index is 9.57. The van der Waals surface area contributed by atoms with Gasteiger partial charge in [0.2, 0.25) is 0 Å². The zero-order valence-corrected chi connectivity index (χ0v) is 14.3.